The first-order chi connectivity index (χ1) is 13.1. The van der Waals surface area contributed by atoms with Crippen LogP contribution in [-0.2, 0) is 17.5 Å². The van der Waals surface area contributed by atoms with E-state index in [0.717, 1.165) is 17.2 Å². The molecule has 0 bridgehead atoms. The van der Waals surface area contributed by atoms with Crippen LogP contribution < -0.4 is 4.74 Å². The Bertz CT molecular complexity index is 880. The van der Waals surface area contributed by atoms with Crippen LogP contribution in [0.25, 0.3) is 0 Å². The highest BCUT2D eigenvalue weighted by Gasteiger charge is 2.35. The Hall–Kier alpha value is -2.63. The largest absolute Gasteiger partial charge is 0.512 e. The summed E-state index contributed by atoms with van der Waals surface area (Å²) in [6.45, 7) is 2.03. The fourth-order valence-corrected chi connectivity index (χ4v) is 3.89. The number of thiazole rings is 1. The van der Waals surface area contributed by atoms with Crippen LogP contribution in [0.3, 0.4) is 0 Å². The third-order valence-electron chi connectivity index (χ3n) is 4.37. The van der Waals surface area contributed by atoms with E-state index in [2.05, 4.69) is 14.8 Å². The van der Waals surface area contributed by atoms with E-state index < -0.39 is 18.0 Å². The van der Waals surface area contributed by atoms with Crippen molar-refractivity contribution in [1.29, 1.82) is 0 Å². The van der Waals surface area contributed by atoms with Gasteiger partial charge in [-0.05, 0) is 25.8 Å². The van der Waals surface area contributed by atoms with Gasteiger partial charge in [0.25, 0.3) is 0 Å². The van der Waals surface area contributed by atoms with E-state index in [1.807, 2.05) is 0 Å². The second-order valence-electron chi connectivity index (χ2n) is 6.40. The number of halogens is 3. The van der Waals surface area contributed by atoms with E-state index in [9.17, 15) is 22.8 Å². The zero-order valence-corrected chi connectivity index (χ0v) is 15.6. The molecule has 0 aliphatic carbocycles. The van der Waals surface area contributed by atoms with Crippen LogP contribution in [0, 0.1) is 6.92 Å². The number of likely N-dealkylation sites (tertiary alicyclic amines) is 1. The molecule has 3 heterocycles. The van der Waals surface area contributed by atoms with Crippen molar-refractivity contribution in [3.63, 3.8) is 0 Å². The molecular formula is C16H17F3N4O4S. The summed E-state index contributed by atoms with van der Waals surface area (Å²) in [5.74, 6) is -0.427. The van der Waals surface area contributed by atoms with Gasteiger partial charge in [0.2, 0.25) is 11.8 Å². The molecule has 12 heteroatoms. The average Bonchev–Trinajstić information content (AvgIpc) is 3.21. The maximum atomic E-state index is 12.8. The number of hydrogen-bond acceptors (Lipinski definition) is 6. The van der Waals surface area contributed by atoms with Crippen LogP contribution in [0.15, 0.2) is 11.4 Å². The lowest BCUT2D eigenvalue weighted by atomic mass is 9.98. The molecule has 0 aromatic carbocycles. The number of aromatic nitrogens is 3. The molecule has 1 aliphatic rings. The molecule has 152 valence electrons. The lowest BCUT2D eigenvalue weighted by Crippen LogP contribution is -2.41. The van der Waals surface area contributed by atoms with Crippen molar-refractivity contribution in [3.05, 3.63) is 27.8 Å². The van der Waals surface area contributed by atoms with Crippen LogP contribution in [-0.4, -0.2) is 49.9 Å². The molecule has 0 spiro atoms. The van der Waals surface area contributed by atoms with Gasteiger partial charge >= 0.3 is 12.3 Å². The normalized spacial score (nSPS) is 17.6. The maximum Gasteiger partial charge on any atom is 0.512 e. The van der Waals surface area contributed by atoms with Gasteiger partial charge in [0.1, 0.15) is 11.6 Å². The van der Waals surface area contributed by atoms with Crippen molar-refractivity contribution in [2.75, 3.05) is 13.1 Å². The average molecular weight is 418 g/mol. The van der Waals surface area contributed by atoms with E-state index in [4.69, 9.17) is 5.11 Å². The Kier molecular flexibility index (Phi) is 5.59. The van der Waals surface area contributed by atoms with Gasteiger partial charge in [-0.15, -0.1) is 11.3 Å². The molecule has 1 saturated heterocycles. The van der Waals surface area contributed by atoms with E-state index in [-0.39, 0.29) is 29.9 Å². The molecule has 0 saturated carbocycles. The molecule has 3 rings (SSSR count). The first-order valence-electron chi connectivity index (χ1n) is 8.39. The molecule has 1 fully saturated rings. The summed E-state index contributed by atoms with van der Waals surface area (Å²) in [7, 11) is 0. The lowest BCUT2D eigenvalue weighted by Gasteiger charge is -2.32. The van der Waals surface area contributed by atoms with Gasteiger partial charge in [0.15, 0.2) is 5.69 Å². The summed E-state index contributed by atoms with van der Waals surface area (Å²) in [5, 5.41) is 14.3. The van der Waals surface area contributed by atoms with Gasteiger partial charge < -0.3 is 14.7 Å². The van der Waals surface area contributed by atoms with Crippen molar-refractivity contribution < 1.29 is 32.6 Å². The molecule has 2 aromatic heterocycles. The summed E-state index contributed by atoms with van der Waals surface area (Å²) in [6, 6.07) is 0.909. The molecule has 1 amide bonds. The van der Waals surface area contributed by atoms with Crippen molar-refractivity contribution in [1.82, 2.24) is 19.7 Å². The Labute approximate surface area is 161 Å². The van der Waals surface area contributed by atoms with Crippen LogP contribution in [0.4, 0.5) is 18.0 Å². The number of nitrogens with zero attached hydrogens (tertiary/aromatic N) is 4. The van der Waals surface area contributed by atoms with Crippen LogP contribution in [0.5, 0.6) is 5.88 Å². The SMILES string of the molecule is Cc1cc(C(F)(F)F)nn1CC(=O)N1CCCC(c2nc(OC(=O)O)cs2)C1. The van der Waals surface area contributed by atoms with Gasteiger partial charge in [0, 0.05) is 24.7 Å². The standard InChI is InChI=1S/C16H17F3N4O4S/c1-9-5-11(16(17,18)19)21-23(9)7-13(24)22-4-2-3-10(6-22)14-20-12(8-28-14)27-15(25)26/h5,8,10H,2-4,6-7H2,1H3,(H,25,26). The monoisotopic (exact) mass is 418 g/mol. The molecular weight excluding hydrogens is 401 g/mol. The Morgan fingerprint density at radius 2 is 2.18 bits per heavy atom. The fourth-order valence-electron chi connectivity index (χ4n) is 3.04. The molecule has 1 unspecified atom stereocenters. The summed E-state index contributed by atoms with van der Waals surface area (Å²) >= 11 is 1.24. The number of rotatable bonds is 4. The topological polar surface area (TPSA) is 97.5 Å². The molecule has 0 radical (unpaired) electrons. The van der Waals surface area contributed by atoms with E-state index in [0.29, 0.717) is 24.5 Å². The summed E-state index contributed by atoms with van der Waals surface area (Å²) in [4.78, 5) is 28.8. The predicted octanol–water partition coefficient (Wildman–Crippen LogP) is 3.13. The van der Waals surface area contributed by atoms with E-state index >= 15 is 0 Å². The zero-order valence-electron chi connectivity index (χ0n) is 14.8. The number of piperidine rings is 1. The van der Waals surface area contributed by atoms with Gasteiger partial charge in [0.05, 0.1) is 5.38 Å². The second kappa shape index (κ2) is 7.78. The van der Waals surface area contributed by atoms with Crippen LogP contribution in [0.2, 0.25) is 0 Å². The minimum atomic E-state index is -4.56. The summed E-state index contributed by atoms with van der Waals surface area (Å²) < 4.78 is 43.9. The minimum absolute atomic E-state index is 0.0113. The van der Waals surface area contributed by atoms with Crippen molar-refractivity contribution in [3.8, 4) is 5.88 Å². The van der Waals surface area contributed by atoms with E-state index in [1.54, 1.807) is 4.90 Å². The van der Waals surface area contributed by atoms with E-state index in [1.165, 1.54) is 23.6 Å². The van der Waals surface area contributed by atoms with Gasteiger partial charge in [-0.25, -0.2) is 9.78 Å². The molecule has 1 aliphatic heterocycles. The van der Waals surface area contributed by atoms with Crippen molar-refractivity contribution >= 4 is 23.4 Å². The molecule has 28 heavy (non-hydrogen) atoms. The highest BCUT2D eigenvalue weighted by molar-refractivity contribution is 7.09. The first-order valence-corrected chi connectivity index (χ1v) is 9.27. The Morgan fingerprint density at radius 1 is 1.43 bits per heavy atom. The van der Waals surface area contributed by atoms with Gasteiger partial charge in [-0.1, -0.05) is 0 Å². The Morgan fingerprint density at radius 3 is 2.82 bits per heavy atom. The third-order valence-corrected chi connectivity index (χ3v) is 5.36. The number of hydrogen-bond donors (Lipinski definition) is 1. The minimum Gasteiger partial charge on any atom is -0.449 e. The highest BCUT2D eigenvalue weighted by Crippen LogP contribution is 2.32. The quantitative estimate of drug-likeness (QED) is 0.767. The van der Waals surface area contributed by atoms with Gasteiger partial charge in [-0.3, -0.25) is 9.48 Å². The number of carbonyl (C=O) groups is 2. The second-order valence-corrected chi connectivity index (χ2v) is 7.29. The Balaban J connectivity index is 1.65. The first kappa shape index (κ1) is 20.1. The van der Waals surface area contributed by atoms with Crippen molar-refractivity contribution in [2.45, 2.75) is 38.4 Å². The smallest absolute Gasteiger partial charge is 0.449 e. The highest BCUT2D eigenvalue weighted by atomic mass is 32.1. The number of amides is 1. The van der Waals surface area contributed by atoms with Crippen LogP contribution >= 0.6 is 11.3 Å². The summed E-state index contributed by atoms with van der Waals surface area (Å²) in [6.07, 6.45) is -4.54. The molecule has 8 nitrogen and oxygen atoms in total. The van der Waals surface area contributed by atoms with Crippen LogP contribution in [0.1, 0.15) is 35.2 Å². The number of aryl methyl sites for hydroxylation is 1. The number of carbonyl (C=O) groups excluding carboxylic acids is 1. The number of alkyl halides is 3. The molecule has 2 aromatic rings. The zero-order chi connectivity index (χ0) is 20.5. The van der Waals surface area contributed by atoms with Gasteiger partial charge in [-0.2, -0.15) is 18.3 Å². The number of ether oxygens (including phenoxy) is 1. The lowest BCUT2D eigenvalue weighted by molar-refractivity contribution is -0.142. The maximum absolute atomic E-state index is 12.8. The predicted molar refractivity (Wildman–Crippen MR) is 91.3 cm³/mol. The molecule has 1 atom stereocenters. The number of carboxylic acid groups (broad SMARTS) is 1. The van der Waals surface area contributed by atoms with Crippen molar-refractivity contribution in [2.24, 2.45) is 0 Å². The third kappa shape index (κ3) is 4.61. The summed E-state index contributed by atoms with van der Waals surface area (Å²) in [5.41, 5.74) is -0.771. The molecule has 1 N–H and O–H groups in total. The fraction of sp³-hybridized carbons (Fsp3) is 0.500.